The molecule has 0 N–H and O–H groups in total. The van der Waals surface area contributed by atoms with E-state index in [0.29, 0.717) is 18.1 Å². The topological polar surface area (TPSA) is 64.1 Å². The summed E-state index contributed by atoms with van der Waals surface area (Å²) in [5, 5.41) is 3.55. The molecule has 3 heterocycles. The number of anilines is 1. The summed E-state index contributed by atoms with van der Waals surface area (Å²) in [7, 11) is 3.60. The van der Waals surface area contributed by atoms with Crippen LogP contribution in [0, 0.1) is 6.92 Å². The minimum absolute atomic E-state index is 0.0842. The van der Waals surface area contributed by atoms with Crippen LogP contribution in [0.3, 0.4) is 0 Å². The molecule has 10 heteroatoms. The van der Waals surface area contributed by atoms with E-state index < -0.39 is 12.0 Å². The van der Waals surface area contributed by atoms with Gasteiger partial charge in [-0.05, 0) is 6.92 Å². The van der Waals surface area contributed by atoms with Gasteiger partial charge < -0.3 is 9.47 Å². The molecule has 3 aromatic rings. The van der Waals surface area contributed by atoms with Crippen LogP contribution >= 0.6 is 0 Å². The lowest BCUT2D eigenvalue weighted by molar-refractivity contribution is -0.144. The van der Waals surface area contributed by atoms with Crippen LogP contribution in [0.15, 0.2) is 18.5 Å². The Morgan fingerprint density at radius 3 is 2.61 bits per heavy atom. The molecule has 0 aliphatic carbocycles. The third kappa shape index (κ3) is 2.83. The van der Waals surface area contributed by atoms with Gasteiger partial charge in [-0.3, -0.25) is 0 Å². The van der Waals surface area contributed by atoms with E-state index >= 15 is 0 Å². The highest BCUT2D eigenvalue weighted by Gasteiger charge is 2.37. The molecule has 122 valence electrons. The second-order valence-corrected chi connectivity index (χ2v) is 5.21. The zero-order chi connectivity index (χ0) is 16.8. The summed E-state index contributed by atoms with van der Waals surface area (Å²) in [4.78, 5) is 13.4. The Bertz CT molecular complexity index is 849. The van der Waals surface area contributed by atoms with Gasteiger partial charge in [-0.15, -0.1) is 5.10 Å². The van der Waals surface area contributed by atoms with Crippen LogP contribution < -0.4 is 4.90 Å². The monoisotopic (exact) mass is 325 g/mol. The molecule has 0 saturated heterocycles. The molecule has 0 unspecified atom stereocenters. The summed E-state index contributed by atoms with van der Waals surface area (Å²) in [6.07, 6.45) is -1.15. The van der Waals surface area contributed by atoms with E-state index in [1.807, 2.05) is 11.6 Å². The van der Waals surface area contributed by atoms with E-state index in [9.17, 15) is 13.2 Å². The third-order valence-corrected chi connectivity index (χ3v) is 3.37. The first-order chi connectivity index (χ1) is 10.8. The number of alkyl halides is 3. The van der Waals surface area contributed by atoms with Crippen molar-refractivity contribution in [3.8, 4) is 0 Å². The molecule has 7 nitrogen and oxygen atoms in total. The number of aryl methyl sites for hydroxylation is 2. The Morgan fingerprint density at radius 2 is 2.00 bits per heavy atom. The number of aromatic nitrogens is 6. The van der Waals surface area contributed by atoms with Crippen LogP contribution in [0.4, 0.5) is 19.0 Å². The summed E-state index contributed by atoms with van der Waals surface area (Å²) >= 11 is 0. The molecule has 0 fully saturated rings. The van der Waals surface area contributed by atoms with Crippen LogP contribution in [0.25, 0.3) is 5.78 Å². The molecule has 3 aromatic heterocycles. The summed E-state index contributed by atoms with van der Waals surface area (Å²) in [6, 6.07) is 1.66. The number of imidazole rings is 1. The number of hydrogen-bond acceptors (Lipinski definition) is 5. The van der Waals surface area contributed by atoms with Gasteiger partial charge in [0, 0.05) is 38.2 Å². The van der Waals surface area contributed by atoms with Crippen LogP contribution in [-0.2, 0) is 19.8 Å². The van der Waals surface area contributed by atoms with Crippen molar-refractivity contribution in [2.24, 2.45) is 7.05 Å². The van der Waals surface area contributed by atoms with E-state index in [-0.39, 0.29) is 5.78 Å². The smallest absolute Gasteiger partial charge is 0.352 e. The van der Waals surface area contributed by atoms with Crippen molar-refractivity contribution in [2.75, 3.05) is 11.9 Å². The Hall–Kier alpha value is -2.65. The van der Waals surface area contributed by atoms with E-state index in [0.717, 1.165) is 10.3 Å². The molecular formula is C13H14F3N7. The Balaban J connectivity index is 2.05. The number of nitrogens with zero attached hydrogens (tertiary/aromatic N) is 7. The fourth-order valence-corrected chi connectivity index (χ4v) is 2.20. The number of rotatable bonds is 3. The standard InChI is InChI=1S/C13H14F3N7/c1-8-6-10(22(3)7-9-17-4-5-21(9)2)23-12(18-8)19-11(20-23)13(14,15)16/h4-6H,7H2,1-3H3. The third-order valence-electron chi connectivity index (χ3n) is 3.37. The number of halogens is 3. The molecule has 0 atom stereocenters. The minimum Gasteiger partial charge on any atom is -0.352 e. The van der Waals surface area contributed by atoms with E-state index in [2.05, 4.69) is 20.1 Å². The van der Waals surface area contributed by atoms with Crippen molar-refractivity contribution in [2.45, 2.75) is 19.6 Å². The van der Waals surface area contributed by atoms with Gasteiger partial charge in [-0.2, -0.15) is 22.7 Å². The zero-order valence-corrected chi connectivity index (χ0v) is 12.7. The van der Waals surface area contributed by atoms with E-state index in [4.69, 9.17) is 0 Å². The van der Waals surface area contributed by atoms with Crippen LogP contribution in [-0.4, -0.2) is 36.2 Å². The highest BCUT2D eigenvalue weighted by Crippen LogP contribution is 2.27. The van der Waals surface area contributed by atoms with E-state index in [1.54, 1.807) is 37.3 Å². The van der Waals surface area contributed by atoms with Gasteiger partial charge in [0.15, 0.2) is 0 Å². The van der Waals surface area contributed by atoms with Crippen molar-refractivity contribution in [1.82, 2.24) is 29.1 Å². The molecule has 0 spiro atoms. The lowest BCUT2D eigenvalue weighted by atomic mass is 10.4. The van der Waals surface area contributed by atoms with Gasteiger partial charge >= 0.3 is 6.18 Å². The van der Waals surface area contributed by atoms with Crippen molar-refractivity contribution >= 4 is 11.6 Å². The number of fused-ring (bicyclic) bond motifs is 1. The molecule has 0 bridgehead atoms. The van der Waals surface area contributed by atoms with Gasteiger partial charge in [0.05, 0.1) is 6.54 Å². The summed E-state index contributed by atoms with van der Waals surface area (Å²) in [5.41, 5.74) is 0.556. The van der Waals surface area contributed by atoms with Crippen molar-refractivity contribution < 1.29 is 13.2 Å². The SMILES string of the molecule is Cc1cc(N(C)Cc2nccn2C)n2nc(C(F)(F)F)nc2n1. The van der Waals surface area contributed by atoms with Gasteiger partial charge in [-0.25, -0.2) is 9.97 Å². The second kappa shape index (κ2) is 5.21. The fraction of sp³-hybridized carbons (Fsp3) is 0.385. The molecule has 0 saturated carbocycles. The summed E-state index contributed by atoms with van der Waals surface area (Å²) in [6.45, 7) is 2.10. The van der Waals surface area contributed by atoms with E-state index in [1.165, 1.54) is 0 Å². The van der Waals surface area contributed by atoms with Crippen LogP contribution in [0.2, 0.25) is 0 Å². The first-order valence-corrected chi connectivity index (χ1v) is 6.74. The van der Waals surface area contributed by atoms with Gasteiger partial charge in [0.1, 0.15) is 11.6 Å². The average molecular weight is 325 g/mol. The largest absolute Gasteiger partial charge is 0.453 e. The highest BCUT2D eigenvalue weighted by atomic mass is 19.4. The lowest BCUT2D eigenvalue weighted by Gasteiger charge is -2.19. The molecule has 23 heavy (non-hydrogen) atoms. The molecule has 0 aliphatic rings. The maximum absolute atomic E-state index is 12.8. The quantitative estimate of drug-likeness (QED) is 0.735. The molecule has 0 radical (unpaired) electrons. The van der Waals surface area contributed by atoms with Crippen molar-refractivity contribution in [3.05, 3.63) is 35.8 Å². The molecule has 0 aromatic carbocycles. The van der Waals surface area contributed by atoms with Crippen molar-refractivity contribution in [1.29, 1.82) is 0 Å². The molecule has 3 rings (SSSR count). The molecular weight excluding hydrogens is 311 g/mol. The molecule has 0 amide bonds. The lowest BCUT2D eigenvalue weighted by Crippen LogP contribution is -2.22. The predicted molar refractivity (Wildman–Crippen MR) is 75.8 cm³/mol. The Labute approximate surface area is 129 Å². The zero-order valence-electron chi connectivity index (χ0n) is 12.7. The van der Waals surface area contributed by atoms with Gasteiger partial charge in [-0.1, -0.05) is 0 Å². The Kier molecular flexibility index (Phi) is 3.46. The average Bonchev–Trinajstić information content (AvgIpc) is 3.04. The molecule has 0 aliphatic heterocycles. The summed E-state index contributed by atoms with van der Waals surface area (Å²) < 4.78 is 41.4. The van der Waals surface area contributed by atoms with Crippen LogP contribution in [0.1, 0.15) is 17.3 Å². The Morgan fingerprint density at radius 1 is 1.26 bits per heavy atom. The maximum Gasteiger partial charge on any atom is 0.453 e. The van der Waals surface area contributed by atoms with Gasteiger partial charge in [0.25, 0.3) is 11.6 Å². The normalized spacial score (nSPS) is 12.1. The summed E-state index contributed by atoms with van der Waals surface area (Å²) in [5.74, 6) is -0.0639. The fourth-order valence-electron chi connectivity index (χ4n) is 2.20. The first-order valence-electron chi connectivity index (χ1n) is 6.74. The second-order valence-electron chi connectivity index (χ2n) is 5.21. The van der Waals surface area contributed by atoms with Gasteiger partial charge in [0.2, 0.25) is 0 Å². The predicted octanol–water partition coefficient (Wildman–Crippen LogP) is 1.82. The number of hydrogen-bond donors (Lipinski definition) is 0. The minimum atomic E-state index is -4.61. The van der Waals surface area contributed by atoms with Crippen LogP contribution in [0.5, 0.6) is 0 Å². The first kappa shape index (κ1) is 15.3. The van der Waals surface area contributed by atoms with Crippen molar-refractivity contribution in [3.63, 3.8) is 0 Å². The highest BCUT2D eigenvalue weighted by molar-refractivity contribution is 5.47. The maximum atomic E-state index is 12.8.